The van der Waals surface area contributed by atoms with Gasteiger partial charge in [0.05, 0.1) is 18.2 Å². The summed E-state index contributed by atoms with van der Waals surface area (Å²) < 4.78 is 5.32. The second kappa shape index (κ2) is 6.67. The molecule has 0 radical (unpaired) electrons. The maximum Gasteiger partial charge on any atom is 0.137 e. The van der Waals surface area contributed by atoms with Crippen LogP contribution in [-0.2, 0) is 6.54 Å². The molecule has 0 aromatic heterocycles. The molecular formula is C11H16ClNO2. The molecule has 0 heterocycles. The molecule has 84 valence electrons. The van der Waals surface area contributed by atoms with Crippen molar-refractivity contribution in [2.24, 2.45) is 0 Å². The van der Waals surface area contributed by atoms with E-state index in [1.807, 2.05) is 25.1 Å². The van der Waals surface area contributed by atoms with E-state index in [0.29, 0.717) is 30.5 Å². The van der Waals surface area contributed by atoms with Crippen LogP contribution in [0.5, 0.6) is 5.75 Å². The number of nitrogens with one attached hydrogen (secondary N) is 1. The summed E-state index contributed by atoms with van der Waals surface area (Å²) >= 11 is 6.02. The van der Waals surface area contributed by atoms with Crippen LogP contribution in [0.25, 0.3) is 0 Å². The number of benzene rings is 1. The lowest BCUT2D eigenvalue weighted by atomic mass is 10.2. The van der Waals surface area contributed by atoms with Crippen molar-refractivity contribution < 1.29 is 9.84 Å². The fraction of sp³-hybridized carbons (Fsp3) is 0.455. The summed E-state index contributed by atoms with van der Waals surface area (Å²) in [6.07, 6.45) is 0. The molecule has 0 aliphatic heterocycles. The minimum Gasteiger partial charge on any atom is -0.492 e. The quantitative estimate of drug-likeness (QED) is 0.732. The number of hydrogen-bond acceptors (Lipinski definition) is 3. The van der Waals surface area contributed by atoms with Gasteiger partial charge in [-0.25, -0.2) is 0 Å². The number of aliphatic hydroxyl groups excluding tert-OH is 1. The average Bonchev–Trinajstić information content (AvgIpc) is 2.23. The third kappa shape index (κ3) is 4.08. The number of halogens is 1. The monoisotopic (exact) mass is 229 g/mol. The average molecular weight is 230 g/mol. The van der Waals surface area contributed by atoms with Gasteiger partial charge in [0.2, 0.25) is 0 Å². The molecule has 1 aromatic carbocycles. The van der Waals surface area contributed by atoms with E-state index in [0.717, 1.165) is 5.56 Å². The van der Waals surface area contributed by atoms with Crippen molar-refractivity contribution in [1.82, 2.24) is 5.32 Å². The SMILES string of the molecule is CCOc1ccc(CNCCO)cc1Cl. The number of aliphatic hydroxyl groups is 1. The Kier molecular flexibility index (Phi) is 5.47. The van der Waals surface area contributed by atoms with Crippen molar-refractivity contribution in [3.8, 4) is 5.75 Å². The van der Waals surface area contributed by atoms with Gasteiger partial charge in [-0.1, -0.05) is 17.7 Å². The Morgan fingerprint density at radius 3 is 2.87 bits per heavy atom. The summed E-state index contributed by atoms with van der Waals surface area (Å²) in [4.78, 5) is 0. The highest BCUT2D eigenvalue weighted by atomic mass is 35.5. The Bertz CT molecular complexity index is 305. The van der Waals surface area contributed by atoms with Crippen LogP contribution >= 0.6 is 11.6 Å². The third-order valence-electron chi connectivity index (χ3n) is 1.91. The maximum absolute atomic E-state index is 8.60. The van der Waals surface area contributed by atoms with Gasteiger partial charge in [-0.2, -0.15) is 0 Å². The molecule has 0 spiro atoms. The lowest BCUT2D eigenvalue weighted by Gasteiger charge is -2.08. The first kappa shape index (κ1) is 12.3. The van der Waals surface area contributed by atoms with Crippen molar-refractivity contribution in [2.45, 2.75) is 13.5 Å². The van der Waals surface area contributed by atoms with Crippen molar-refractivity contribution in [1.29, 1.82) is 0 Å². The van der Waals surface area contributed by atoms with Crippen molar-refractivity contribution in [3.05, 3.63) is 28.8 Å². The Balaban J connectivity index is 2.56. The minimum absolute atomic E-state index is 0.144. The van der Waals surface area contributed by atoms with Gasteiger partial charge >= 0.3 is 0 Å². The molecule has 1 rings (SSSR count). The lowest BCUT2D eigenvalue weighted by molar-refractivity contribution is 0.292. The highest BCUT2D eigenvalue weighted by Crippen LogP contribution is 2.25. The van der Waals surface area contributed by atoms with Gasteiger partial charge in [0.15, 0.2) is 0 Å². The van der Waals surface area contributed by atoms with Gasteiger partial charge in [0.25, 0.3) is 0 Å². The Labute approximate surface area is 95.0 Å². The van der Waals surface area contributed by atoms with E-state index < -0.39 is 0 Å². The van der Waals surface area contributed by atoms with Gasteiger partial charge in [-0.3, -0.25) is 0 Å². The topological polar surface area (TPSA) is 41.5 Å². The fourth-order valence-corrected chi connectivity index (χ4v) is 1.50. The molecule has 15 heavy (non-hydrogen) atoms. The minimum atomic E-state index is 0.144. The van der Waals surface area contributed by atoms with Crippen molar-refractivity contribution in [2.75, 3.05) is 19.8 Å². The summed E-state index contributed by atoms with van der Waals surface area (Å²) in [5, 5.41) is 12.3. The predicted octanol–water partition coefficient (Wildman–Crippen LogP) is 1.82. The van der Waals surface area contributed by atoms with Gasteiger partial charge in [0, 0.05) is 13.1 Å². The fourth-order valence-electron chi connectivity index (χ4n) is 1.24. The third-order valence-corrected chi connectivity index (χ3v) is 2.21. The number of ether oxygens (including phenoxy) is 1. The second-order valence-electron chi connectivity index (χ2n) is 3.10. The molecule has 0 aliphatic carbocycles. The van der Waals surface area contributed by atoms with Crippen molar-refractivity contribution in [3.63, 3.8) is 0 Å². The van der Waals surface area contributed by atoms with Gasteiger partial charge < -0.3 is 15.2 Å². The van der Waals surface area contributed by atoms with E-state index >= 15 is 0 Å². The standard InChI is InChI=1S/C11H16ClNO2/c1-2-15-11-4-3-9(7-10(11)12)8-13-5-6-14/h3-4,7,13-14H,2,5-6,8H2,1H3. The molecule has 4 heteroatoms. The second-order valence-corrected chi connectivity index (χ2v) is 3.51. The summed E-state index contributed by atoms with van der Waals surface area (Å²) in [5.41, 5.74) is 1.08. The molecular weight excluding hydrogens is 214 g/mol. The summed E-state index contributed by atoms with van der Waals surface area (Å²) in [7, 11) is 0. The molecule has 1 aromatic rings. The molecule has 0 aliphatic rings. The molecule has 0 bridgehead atoms. The van der Waals surface area contributed by atoms with E-state index in [9.17, 15) is 0 Å². The molecule has 0 amide bonds. The van der Waals surface area contributed by atoms with E-state index in [2.05, 4.69) is 5.32 Å². The zero-order chi connectivity index (χ0) is 11.1. The Morgan fingerprint density at radius 1 is 1.47 bits per heavy atom. The maximum atomic E-state index is 8.60. The zero-order valence-electron chi connectivity index (χ0n) is 8.79. The largest absolute Gasteiger partial charge is 0.492 e. The smallest absolute Gasteiger partial charge is 0.137 e. The van der Waals surface area contributed by atoms with Crippen LogP contribution in [0.2, 0.25) is 5.02 Å². The molecule has 0 fully saturated rings. The van der Waals surface area contributed by atoms with Gasteiger partial charge in [0.1, 0.15) is 5.75 Å². The lowest BCUT2D eigenvalue weighted by Crippen LogP contribution is -2.17. The van der Waals surface area contributed by atoms with Crippen molar-refractivity contribution >= 4 is 11.6 Å². The highest BCUT2D eigenvalue weighted by molar-refractivity contribution is 6.32. The van der Waals surface area contributed by atoms with Crippen LogP contribution in [0.4, 0.5) is 0 Å². The van der Waals surface area contributed by atoms with Gasteiger partial charge in [-0.15, -0.1) is 0 Å². The van der Waals surface area contributed by atoms with E-state index in [4.69, 9.17) is 21.4 Å². The van der Waals surface area contributed by atoms with Gasteiger partial charge in [-0.05, 0) is 24.6 Å². The molecule has 0 saturated carbocycles. The molecule has 2 N–H and O–H groups in total. The summed E-state index contributed by atoms with van der Waals surface area (Å²) in [6, 6.07) is 5.69. The molecule has 3 nitrogen and oxygen atoms in total. The first-order valence-corrected chi connectivity index (χ1v) is 5.38. The summed E-state index contributed by atoms with van der Waals surface area (Å²) in [5.74, 6) is 0.713. The predicted molar refractivity (Wildman–Crippen MR) is 61.4 cm³/mol. The first-order chi connectivity index (χ1) is 7.27. The van der Waals surface area contributed by atoms with E-state index in [1.165, 1.54) is 0 Å². The highest BCUT2D eigenvalue weighted by Gasteiger charge is 2.01. The van der Waals surface area contributed by atoms with Crippen LogP contribution < -0.4 is 10.1 Å². The van der Waals surface area contributed by atoms with Crippen LogP contribution in [0, 0.1) is 0 Å². The Morgan fingerprint density at radius 2 is 2.27 bits per heavy atom. The van der Waals surface area contributed by atoms with E-state index in [1.54, 1.807) is 0 Å². The number of rotatable bonds is 6. The molecule has 0 atom stereocenters. The van der Waals surface area contributed by atoms with E-state index in [-0.39, 0.29) is 6.61 Å². The summed E-state index contributed by atoms with van der Waals surface area (Å²) in [6.45, 7) is 3.97. The molecule has 0 unspecified atom stereocenters. The first-order valence-electron chi connectivity index (χ1n) is 5.00. The normalized spacial score (nSPS) is 10.3. The number of hydrogen-bond donors (Lipinski definition) is 2. The van der Waals surface area contributed by atoms with Crippen LogP contribution in [0.15, 0.2) is 18.2 Å². The Hall–Kier alpha value is -0.770. The zero-order valence-corrected chi connectivity index (χ0v) is 9.55. The van der Waals surface area contributed by atoms with Crippen LogP contribution in [0.3, 0.4) is 0 Å². The molecule has 0 saturated heterocycles. The van der Waals surface area contributed by atoms with Crippen LogP contribution in [0.1, 0.15) is 12.5 Å². The van der Waals surface area contributed by atoms with Crippen LogP contribution in [-0.4, -0.2) is 24.9 Å².